The summed E-state index contributed by atoms with van der Waals surface area (Å²) in [4.78, 5) is 44.5. The average Bonchev–Trinajstić information content (AvgIpc) is 3.41. The van der Waals surface area contributed by atoms with Crippen LogP contribution in [0.15, 0.2) is 74.1 Å². The molecule has 15 heteroatoms. The van der Waals surface area contributed by atoms with Crippen molar-refractivity contribution in [1.29, 1.82) is 0 Å². The highest BCUT2D eigenvalue weighted by Crippen LogP contribution is 2.37. The Bertz CT molecular complexity index is 2200. The fraction of sp³-hybridized carbons (Fsp3) is 0.278. The summed E-state index contributed by atoms with van der Waals surface area (Å²) in [6.45, 7) is 5.50. The molecule has 0 N–H and O–H groups in total. The van der Waals surface area contributed by atoms with Crippen molar-refractivity contribution in [2.24, 2.45) is 4.99 Å². The maximum absolute atomic E-state index is 14.3. The average molecular weight is 821 g/mol. The summed E-state index contributed by atoms with van der Waals surface area (Å²) < 4.78 is 35.7. The number of thiazole rings is 1. The molecule has 2 heterocycles. The number of hydrogen-bond acceptors (Lipinski definition) is 11. The highest BCUT2D eigenvalue weighted by molar-refractivity contribution is 9.10. The Kier molecular flexibility index (Phi) is 12.5. The van der Waals surface area contributed by atoms with Gasteiger partial charge >= 0.3 is 11.9 Å². The molecule has 0 bridgehead atoms. The van der Waals surface area contributed by atoms with Crippen LogP contribution in [0.5, 0.6) is 23.0 Å². The fourth-order valence-corrected chi connectivity index (χ4v) is 7.05. The minimum absolute atomic E-state index is 0.125. The van der Waals surface area contributed by atoms with Crippen molar-refractivity contribution < 1.29 is 38.0 Å². The van der Waals surface area contributed by atoms with Gasteiger partial charge < -0.3 is 28.4 Å². The molecule has 1 atom stereocenters. The number of esters is 2. The van der Waals surface area contributed by atoms with Crippen molar-refractivity contribution in [3.8, 4) is 23.0 Å². The van der Waals surface area contributed by atoms with E-state index in [-0.39, 0.29) is 37.6 Å². The van der Waals surface area contributed by atoms with Crippen LogP contribution in [0.3, 0.4) is 0 Å². The quantitative estimate of drug-likeness (QED) is 0.141. The van der Waals surface area contributed by atoms with Crippen molar-refractivity contribution in [1.82, 2.24) is 4.57 Å². The predicted molar refractivity (Wildman–Crippen MR) is 197 cm³/mol. The minimum atomic E-state index is -0.911. The number of methoxy groups -OCH3 is 2. The second kappa shape index (κ2) is 16.8. The van der Waals surface area contributed by atoms with Crippen LogP contribution in [-0.4, -0.2) is 50.5 Å². The zero-order valence-electron chi connectivity index (χ0n) is 28.2. The lowest BCUT2D eigenvalue weighted by atomic mass is 9.95. The van der Waals surface area contributed by atoms with Gasteiger partial charge in [-0.05, 0) is 79.9 Å². The molecule has 0 fully saturated rings. The summed E-state index contributed by atoms with van der Waals surface area (Å²) in [5, 5.41) is 0.870. The second-order valence-electron chi connectivity index (χ2n) is 10.9. The first kappa shape index (κ1) is 37.9. The summed E-state index contributed by atoms with van der Waals surface area (Å²) in [5.74, 6) is 0.343. The smallest absolute Gasteiger partial charge is 0.343 e. The van der Waals surface area contributed by atoms with E-state index in [1.54, 1.807) is 69.3 Å². The molecule has 4 aromatic rings. The topological polar surface area (TPSA) is 124 Å². The summed E-state index contributed by atoms with van der Waals surface area (Å²) in [6.07, 6.45) is 1.72. The maximum atomic E-state index is 14.3. The number of ether oxygens (including phenoxy) is 6. The molecule has 0 amide bonds. The van der Waals surface area contributed by atoms with E-state index in [0.29, 0.717) is 63.7 Å². The molecule has 1 aromatic heterocycles. The Morgan fingerprint density at radius 1 is 0.941 bits per heavy atom. The largest absolute Gasteiger partial charge is 0.493 e. The lowest BCUT2D eigenvalue weighted by molar-refractivity contribution is -0.143. The van der Waals surface area contributed by atoms with Gasteiger partial charge in [0, 0.05) is 4.47 Å². The molecule has 0 saturated carbocycles. The number of allylic oxidation sites excluding steroid dienone is 1. The van der Waals surface area contributed by atoms with E-state index >= 15 is 0 Å². The first-order valence-electron chi connectivity index (χ1n) is 15.6. The van der Waals surface area contributed by atoms with Gasteiger partial charge in [-0.2, -0.15) is 0 Å². The summed E-state index contributed by atoms with van der Waals surface area (Å²) in [7, 11) is 2.79. The highest BCUT2D eigenvalue weighted by atomic mass is 79.9. The van der Waals surface area contributed by atoms with Crippen LogP contribution in [0.25, 0.3) is 6.08 Å². The van der Waals surface area contributed by atoms with E-state index in [4.69, 9.17) is 46.9 Å². The van der Waals surface area contributed by atoms with Gasteiger partial charge in [0.15, 0.2) is 34.4 Å². The van der Waals surface area contributed by atoms with Crippen molar-refractivity contribution in [3.05, 3.63) is 111 Å². The zero-order chi connectivity index (χ0) is 36.8. The van der Waals surface area contributed by atoms with E-state index in [9.17, 15) is 14.4 Å². The molecule has 0 saturated heterocycles. The molecule has 0 spiro atoms. The SMILES string of the molecule is CCOC(=O)C1=C(C)N=c2s/c(=C\c3cc(OC)c(OCc4ccc(Cl)c(Cl)c4)cc3Br)c(=O)n2[C@H]1c1ccc(OCC(=O)OC)c(OCC)c1. The molecular formula is C36H33BrCl2N2O9S. The van der Waals surface area contributed by atoms with E-state index in [1.165, 1.54) is 30.1 Å². The highest BCUT2D eigenvalue weighted by Gasteiger charge is 2.34. The molecule has 11 nitrogen and oxygen atoms in total. The van der Waals surface area contributed by atoms with Crippen molar-refractivity contribution in [2.45, 2.75) is 33.4 Å². The Balaban J connectivity index is 1.58. The first-order valence-corrected chi connectivity index (χ1v) is 18.0. The zero-order valence-corrected chi connectivity index (χ0v) is 32.1. The molecule has 1 aliphatic rings. The number of halogens is 3. The third-order valence-corrected chi connectivity index (χ3v) is 10.0. The molecule has 51 heavy (non-hydrogen) atoms. The van der Waals surface area contributed by atoms with Crippen molar-refractivity contribution in [3.63, 3.8) is 0 Å². The van der Waals surface area contributed by atoms with Crippen LogP contribution in [0.2, 0.25) is 10.0 Å². The van der Waals surface area contributed by atoms with E-state index in [1.807, 2.05) is 6.07 Å². The van der Waals surface area contributed by atoms with Gasteiger partial charge in [0.2, 0.25) is 0 Å². The molecular weight excluding hydrogens is 787 g/mol. The van der Waals surface area contributed by atoms with Crippen LogP contribution >= 0.6 is 50.5 Å². The molecule has 0 unspecified atom stereocenters. The Labute approximate surface area is 315 Å². The summed E-state index contributed by atoms with van der Waals surface area (Å²) in [6, 6.07) is 12.8. The van der Waals surface area contributed by atoms with Crippen LogP contribution in [-0.2, 0) is 25.7 Å². The first-order chi connectivity index (χ1) is 24.5. The molecule has 268 valence electrons. The number of carbonyl (C=O) groups is 2. The standard InChI is InChI=1S/C36H33BrCl2N2O9S/c1-6-47-28-13-21(9-11-26(28)50-18-31(42)46-5)33-32(35(44)48-7-2)19(3)40-36-41(33)34(43)30(51-36)15-22-14-27(45-4)29(16-23(22)37)49-17-20-8-10-24(38)25(39)12-20/h8-16,33H,6-7,17-18H2,1-5H3/b30-15-/t33-/m0/s1. The third-order valence-electron chi connectivity index (χ3n) is 7.62. The molecule has 5 rings (SSSR count). The Morgan fingerprint density at radius 3 is 2.39 bits per heavy atom. The molecule has 0 aliphatic carbocycles. The monoisotopic (exact) mass is 818 g/mol. The predicted octanol–water partition coefficient (Wildman–Crippen LogP) is 6.41. The fourth-order valence-electron chi connectivity index (χ4n) is 5.25. The minimum Gasteiger partial charge on any atom is -0.493 e. The third kappa shape index (κ3) is 8.44. The number of rotatable bonds is 13. The van der Waals surface area contributed by atoms with Crippen LogP contribution in [0.4, 0.5) is 0 Å². The van der Waals surface area contributed by atoms with Gasteiger partial charge in [-0.1, -0.05) is 62.6 Å². The Hall–Kier alpha value is -4.30. The lowest BCUT2D eigenvalue weighted by Crippen LogP contribution is -2.40. The second-order valence-corrected chi connectivity index (χ2v) is 13.5. The number of aromatic nitrogens is 1. The number of carbonyl (C=O) groups excluding carboxylic acids is 2. The number of hydrogen-bond donors (Lipinski definition) is 0. The van der Waals surface area contributed by atoms with Gasteiger partial charge in [-0.25, -0.2) is 14.6 Å². The maximum Gasteiger partial charge on any atom is 0.343 e. The van der Waals surface area contributed by atoms with Crippen LogP contribution in [0.1, 0.15) is 43.5 Å². The van der Waals surface area contributed by atoms with Gasteiger partial charge in [-0.3, -0.25) is 9.36 Å². The van der Waals surface area contributed by atoms with E-state index in [2.05, 4.69) is 25.7 Å². The van der Waals surface area contributed by atoms with Crippen molar-refractivity contribution in [2.75, 3.05) is 34.0 Å². The van der Waals surface area contributed by atoms with Gasteiger partial charge in [-0.15, -0.1) is 0 Å². The number of benzene rings is 3. The number of fused-ring (bicyclic) bond motifs is 1. The number of nitrogens with zero attached hydrogens (tertiary/aromatic N) is 2. The van der Waals surface area contributed by atoms with E-state index < -0.39 is 18.0 Å². The van der Waals surface area contributed by atoms with Gasteiger partial charge in [0.05, 0.1) is 59.3 Å². The van der Waals surface area contributed by atoms with Crippen LogP contribution in [0, 0.1) is 0 Å². The molecule has 3 aromatic carbocycles. The summed E-state index contributed by atoms with van der Waals surface area (Å²) in [5.41, 5.74) is 2.22. The van der Waals surface area contributed by atoms with Crippen LogP contribution < -0.4 is 33.8 Å². The molecule has 0 radical (unpaired) electrons. The van der Waals surface area contributed by atoms with Crippen molar-refractivity contribution >= 4 is 68.5 Å². The van der Waals surface area contributed by atoms with Gasteiger partial charge in [0.25, 0.3) is 5.56 Å². The van der Waals surface area contributed by atoms with Gasteiger partial charge in [0.1, 0.15) is 6.61 Å². The summed E-state index contributed by atoms with van der Waals surface area (Å²) >= 11 is 17.0. The lowest BCUT2D eigenvalue weighted by Gasteiger charge is -2.25. The Morgan fingerprint density at radius 2 is 1.71 bits per heavy atom. The van der Waals surface area contributed by atoms with E-state index in [0.717, 1.165) is 5.56 Å². The molecule has 1 aliphatic heterocycles. The normalized spacial score (nSPS) is 14.0.